The number of ether oxygens (including phenoxy) is 1. The summed E-state index contributed by atoms with van der Waals surface area (Å²) >= 11 is 0. The molecule has 0 atom stereocenters. The van der Waals surface area contributed by atoms with Gasteiger partial charge in [-0.1, -0.05) is 12.1 Å². The second kappa shape index (κ2) is 6.66. The molecular formula is C15H17N5O. The molecule has 1 aromatic heterocycles. The van der Waals surface area contributed by atoms with Crippen LogP contribution in [0.4, 0.5) is 5.95 Å². The molecular weight excluding hydrogens is 266 g/mol. The smallest absolute Gasteiger partial charge is 0.322 e. The van der Waals surface area contributed by atoms with Crippen LogP contribution in [0.5, 0.6) is 6.01 Å². The second-order valence-corrected chi connectivity index (χ2v) is 4.65. The third-order valence-corrected chi connectivity index (χ3v) is 2.54. The monoisotopic (exact) mass is 283 g/mol. The molecule has 6 heteroatoms. The highest BCUT2D eigenvalue weighted by Crippen LogP contribution is 2.20. The summed E-state index contributed by atoms with van der Waals surface area (Å²) in [7, 11) is 0. The normalized spacial score (nSPS) is 10.2. The Bertz CT molecular complexity index is 663. The van der Waals surface area contributed by atoms with Crippen LogP contribution in [0, 0.1) is 11.3 Å². The molecule has 1 heterocycles. The van der Waals surface area contributed by atoms with Crippen molar-refractivity contribution in [3.63, 3.8) is 0 Å². The molecule has 0 radical (unpaired) electrons. The third-order valence-electron chi connectivity index (χ3n) is 2.54. The molecule has 0 bridgehead atoms. The molecule has 0 spiro atoms. The Morgan fingerprint density at radius 1 is 1.29 bits per heavy atom. The first-order valence-electron chi connectivity index (χ1n) is 6.79. The van der Waals surface area contributed by atoms with Gasteiger partial charge >= 0.3 is 6.01 Å². The second-order valence-electron chi connectivity index (χ2n) is 4.65. The minimum Gasteiger partial charge on any atom is -0.461 e. The van der Waals surface area contributed by atoms with E-state index in [1.54, 1.807) is 18.2 Å². The standard InChI is InChI=1S/C15H17N5O/c1-4-17-14-18-13(19-15(20-14)21-10(2)3)12-7-5-6-11(8-12)9-16/h5-8,10H,4H2,1-3H3,(H,17,18,19,20). The van der Waals surface area contributed by atoms with Crippen molar-refractivity contribution in [1.82, 2.24) is 15.0 Å². The number of nitrogens with one attached hydrogen (secondary N) is 1. The van der Waals surface area contributed by atoms with Gasteiger partial charge in [0, 0.05) is 12.1 Å². The summed E-state index contributed by atoms with van der Waals surface area (Å²) in [4.78, 5) is 12.9. The van der Waals surface area contributed by atoms with Crippen molar-refractivity contribution in [2.45, 2.75) is 26.9 Å². The van der Waals surface area contributed by atoms with Crippen LogP contribution in [0.3, 0.4) is 0 Å². The van der Waals surface area contributed by atoms with Crippen molar-refractivity contribution in [2.75, 3.05) is 11.9 Å². The quantitative estimate of drug-likeness (QED) is 0.908. The highest BCUT2D eigenvalue weighted by atomic mass is 16.5. The summed E-state index contributed by atoms with van der Waals surface area (Å²) in [5.41, 5.74) is 1.31. The number of hydrogen-bond acceptors (Lipinski definition) is 6. The Labute approximate surface area is 123 Å². The Morgan fingerprint density at radius 3 is 2.76 bits per heavy atom. The van der Waals surface area contributed by atoms with E-state index in [0.717, 1.165) is 5.56 Å². The first-order chi connectivity index (χ1) is 10.1. The molecule has 0 saturated heterocycles. The lowest BCUT2D eigenvalue weighted by Crippen LogP contribution is -2.12. The van der Waals surface area contributed by atoms with Crippen molar-refractivity contribution in [3.05, 3.63) is 29.8 Å². The zero-order valence-corrected chi connectivity index (χ0v) is 12.3. The van der Waals surface area contributed by atoms with Gasteiger partial charge in [0.15, 0.2) is 5.82 Å². The van der Waals surface area contributed by atoms with Crippen LogP contribution in [0.1, 0.15) is 26.3 Å². The van der Waals surface area contributed by atoms with Crippen LogP contribution in [0.2, 0.25) is 0 Å². The van der Waals surface area contributed by atoms with Crippen molar-refractivity contribution in [3.8, 4) is 23.5 Å². The maximum atomic E-state index is 8.98. The predicted octanol–water partition coefficient (Wildman–Crippen LogP) is 2.63. The van der Waals surface area contributed by atoms with Crippen molar-refractivity contribution in [1.29, 1.82) is 5.26 Å². The van der Waals surface area contributed by atoms with E-state index in [0.29, 0.717) is 23.9 Å². The molecule has 0 saturated carbocycles. The van der Waals surface area contributed by atoms with Gasteiger partial charge in [0.25, 0.3) is 0 Å². The summed E-state index contributed by atoms with van der Waals surface area (Å²) in [6.45, 7) is 6.48. The Kier molecular flexibility index (Phi) is 4.67. The number of nitriles is 1. The van der Waals surface area contributed by atoms with Gasteiger partial charge in [0.1, 0.15) is 0 Å². The summed E-state index contributed by atoms with van der Waals surface area (Å²) in [6.07, 6.45) is -0.0276. The summed E-state index contributed by atoms with van der Waals surface area (Å²) in [5.74, 6) is 0.939. The van der Waals surface area contributed by atoms with Gasteiger partial charge in [-0.15, -0.1) is 0 Å². The number of hydrogen-bond donors (Lipinski definition) is 1. The molecule has 2 rings (SSSR count). The topological polar surface area (TPSA) is 83.7 Å². The van der Waals surface area contributed by atoms with E-state index in [1.165, 1.54) is 0 Å². The molecule has 108 valence electrons. The summed E-state index contributed by atoms with van der Waals surface area (Å²) in [5, 5.41) is 12.0. The molecule has 2 aromatic rings. The first-order valence-corrected chi connectivity index (χ1v) is 6.79. The molecule has 0 unspecified atom stereocenters. The van der Waals surface area contributed by atoms with Gasteiger partial charge in [-0.25, -0.2) is 0 Å². The van der Waals surface area contributed by atoms with E-state index >= 15 is 0 Å². The van der Waals surface area contributed by atoms with E-state index in [1.807, 2.05) is 26.8 Å². The lowest BCUT2D eigenvalue weighted by molar-refractivity contribution is 0.222. The van der Waals surface area contributed by atoms with Crippen LogP contribution in [-0.2, 0) is 0 Å². The molecule has 1 N–H and O–H groups in total. The van der Waals surface area contributed by atoms with Gasteiger partial charge in [0.2, 0.25) is 5.95 Å². The van der Waals surface area contributed by atoms with E-state index in [9.17, 15) is 0 Å². The highest BCUT2D eigenvalue weighted by molar-refractivity contribution is 5.59. The first kappa shape index (κ1) is 14.7. The van der Waals surface area contributed by atoms with Crippen molar-refractivity contribution in [2.24, 2.45) is 0 Å². The molecule has 1 aromatic carbocycles. The number of rotatable bonds is 5. The zero-order valence-electron chi connectivity index (χ0n) is 12.3. The van der Waals surface area contributed by atoms with Crippen LogP contribution in [0.15, 0.2) is 24.3 Å². The Morgan fingerprint density at radius 2 is 2.10 bits per heavy atom. The van der Waals surface area contributed by atoms with E-state index < -0.39 is 0 Å². The number of anilines is 1. The largest absolute Gasteiger partial charge is 0.461 e. The van der Waals surface area contributed by atoms with Gasteiger partial charge in [-0.3, -0.25) is 0 Å². The molecule has 0 aliphatic rings. The minimum absolute atomic E-state index is 0.0276. The molecule has 6 nitrogen and oxygen atoms in total. The van der Waals surface area contributed by atoms with E-state index in [4.69, 9.17) is 10.00 Å². The lowest BCUT2D eigenvalue weighted by atomic mass is 10.1. The molecule has 0 fully saturated rings. The average Bonchev–Trinajstić information content (AvgIpc) is 2.46. The minimum atomic E-state index is -0.0276. The number of aromatic nitrogens is 3. The molecule has 21 heavy (non-hydrogen) atoms. The fourth-order valence-corrected chi connectivity index (χ4v) is 1.71. The van der Waals surface area contributed by atoms with Crippen LogP contribution < -0.4 is 10.1 Å². The Hall–Kier alpha value is -2.68. The predicted molar refractivity (Wildman–Crippen MR) is 79.9 cm³/mol. The molecule has 0 aliphatic carbocycles. The van der Waals surface area contributed by atoms with Gasteiger partial charge in [-0.05, 0) is 32.9 Å². The summed E-state index contributed by atoms with van der Waals surface area (Å²) < 4.78 is 5.55. The van der Waals surface area contributed by atoms with Crippen molar-refractivity contribution < 1.29 is 4.74 Å². The molecule has 0 amide bonds. The molecule has 0 aliphatic heterocycles. The maximum absolute atomic E-state index is 8.98. The maximum Gasteiger partial charge on any atom is 0.322 e. The number of nitrogens with zero attached hydrogens (tertiary/aromatic N) is 4. The highest BCUT2D eigenvalue weighted by Gasteiger charge is 2.10. The SMILES string of the molecule is CCNc1nc(OC(C)C)nc(-c2cccc(C#N)c2)n1. The van der Waals surface area contributed by atoms with Gasteiger partial charge in [-0.2, -0.15) is 20.2 Å². The van der Waals surface area contributed by atoms with Gasteiger partial charge < -0.3 is 10.1 Å². The summed E-state index contributed by atoms with van der Waals surface area (Å²) in [6, 6.07) is 9.51. The lowest BCUT2D eigenvalue weighted by Gasteiger charge is -2.11. The Balaban J connectivity index is 2.45. The zero-order chi connectivity index (χ0) is 15.2. The van der Waals surface area contributed by atoms with Gasteiger partial charge in [0.05, 0.1) is 17.7 Å². The van der Waals surface area contributed by atoms with Crippen LogP contribution in [-0.4, -0.2) is 27.6 Å². The fourth-order valence-electron chi connectivity index (χ4n) is 1.71. The van der Waals surface area contributed by atoms with Crippen molar-refractivity contribution >= 4 is 5.95 Å². The third kappa shape index (κ3) is 3.89. The van der Waals surface area contributed by atoms with E-state index in [2.05, 4.69) is 26.3 Å². The van der Waals surface area contributed by atoms with Crippen LogP contribution >= 0.6 is 0 Å². The number of benzene rings is 1. The van der Waals surface area contributed by atoms with Crippen LogP contribution in [0.25, 0.3) is 11.4 Å². The van der Waals surface area contributed by atoms with E-state index in [-0.39, 0.29) is 12.1 Å². The fraction of sp³-hybridized carbons (Fsp3) is 0.333. The average molecular weight is 283 g/mol.